The van der Waals surface area contributed by atoms with E-state index in [4.69, 9.17) is 0 Å². The van der Waals surface area contributed by atoms with Crippen LogP contribution in [-0.2, 0) is 17.6 Å². The first-order chi connectivity index (χ1) is 7.89. The number of carbonyl (C=O) groups is 1. The molecule has 1 aliphatic rings. The van der Waals surface area contributed by atoms with Crippen molar-refractivity contribution in [2.24, 2.45) is 5.41 Å². The van der Waals surface area contributed by atoms with E-state index < -0.39 is 0 Å². The molecule has 0 bridgehead atoms. The second-order valence-corrected chi connectivity index (χ2v) is 6.47. The highest BCUT2D eigenvalue weighted by Gasteiger charge is 2.24. The molecule has 17 heavy (non-hydrogen) atoms. The van der Waals surface area contributed by atoms with Gasteiger partial charge in [-0.25, -0.2) is 0 Å². The Balaban J connectivity index is 2.33. The van der Waals surface area contributed by atoms with Gasteiger partial charge in [0.15, 0.2) is 0 Å². The summed E-state index contributed by atoms with van der Waals surface area (Å²) in [6, 6.07) is 4.18. The number of benzene rings is 1. The van der Waals surface area contributed by atoms with Crippen molar-refractivity contribution in [1.29, 1.82) is 0 Å². The summed E-state index contributed by atoms with van der Waals surface area (Å²) in [6.07, 6.45) is 3.37. The third-order valence-corrected chi connectivity index (χ3v) is 3.81. The number of nitrogens with one attached hydrogen (secondary N) is 1. The van der Waals surface area contributed by atoms with E-state index in [1.54, 1.807) is 0 Å². The van der Waals surface area contributed by atoms with Gasteiger partial charge in [0.2, 0.25) is 5.91 Å². The predicted octanol–water partition coefficient (Wildman–Crippen LogP) is 3.92. The van der Waals surface area contributed by atoms with Gasteiger partial charge in [0.05, 0.1) is 5.69 Å². The molecule has 0 spiro atoms. The Morgan fingerprint density at radius 2 is 2.00 bits per heavy atom. The van der Waals surface area contributed by atoms with E-state index in [9.17, 15) is 4.79 Å². The summed E-state index contributed by atoms with van der Waals surface area (Å²) < 4.78 is 0.982. The predicted molar refractivity (Wildman–Crippen MR) is 74.3 cm³/mol. The quantitative estimate of drug-likeness (QED) is 0.836. The summed E-state index contributed by atoms with van der Waals surface area (Å²) >= 11 is 3.53. The minimum absolute atomic E-state index is 0.0681. The van der Waals surface area contributed by atoms with E-state index >= 15 is 0 Å². The summed E-state index contributed by atoms with van der Waals surface area (Å²) in [5.41, 5.74) is 3.29. The summed E-state index contributed by atoms with van der Waals surface area (Å²) in [7, 11) is 0. The molecule has 0 heterocycles. The molecule has 0 unspecified atom stereocenters. The van der Waals surface area contributed by atoms with Gasteiger partial charge in [-0.05, 0) is 52.4 Å². The van der Waals surface area contributed by atoms with Crippen molar-refractivity contribution in [3.8, 4) is 0 Å². The van der Waals surface area contributed by atoms with Crippen LogP contribution in [0.1, 0.15) is 38.3 Å². The monoisotopic (exact) mass is 295 g/mol. The van der Waals surface area contributed by atoms with E-state index in [0.29, 0.717) is 0 Å². The molecule has 0 aliphatic heterocycles. The first-order valence-electron chi connectivity index (χ1n) is 6.01. The first-order valence-corrected chi connectivity index (χ1v) is 6.80. The SMILES string of the molecule is CC(C)(C)C(=O)Nc1c(Br)ccc2c1CCC2. The maximum Gasteiger partial charge on any atom is 0.229 e. The highest BCUT2D eigenvalue weighted by atomic mass is 79.9. The third kappa shape index (κ3) is 2.54. The maximum absolute atomic E-state index is 12.1. The Morgan fingerprint density at radius 3 is 2.65 bits per heavy atom. The molecule has 2 rings (SSSR count). The summed E-state index contributed by atoms with van der Waals surface area (Å²) in [6.45, 7) is 5.79. The summed E-state index contributed by atoms with van der Waals surface area (Å²) in [5, 5.41) is 3.06. The van der Waals surface area contributed by atoms with Gasteiger partial charge in [-0.3, -0.25) is 4.79 Å². The van der Waals surface area contributed by atoms with Crippen LogP contribution in [-0.4, -0.2) is 5.91 Å². The molecule has 0 atom stereocenters. The Labute approximate surface area is 111 Å². The zero-order valence-electron chi connectivity index (χ0n) is 10.6. The standard InChI is InChI=1S/C14H18BrNO/c1-14(2,3)13(17)16-12-10-6-4-5-9(10)7-8-11(12)15/h7-8H,4-6H2,1-3H3,(H,16,17). The van der Waals surface area contributed by atoms with Crippen LogP contribution in [0.4, 0.5) is 5.69 Å². The zero-order chi connectivity index (χ0) is 12.6. The van der Waals surface area contributed by atoms with Crippen LogP contribution in [0, 0.1) is 5.41 Å². The van der Waals surface area contributed by atoms with E-state index in [0.717, 1.165) is 23.0 Å². The second-order valence-electron chi connectivity index (χ2n) is 5.62. The molecule has 2 nitrogen and oxygen atoms in total. The number of carbonyl (C=O) groups excluding carboxylic acids is 1. The Kier molecular flexibility index (Phi) is 3.30. The minimum Gasteiger partial charge on any atom is -0.324 e. The average molecular weight is 296 g/mol. The van der Waals surface area contributed by atoms with Gasteiger partial charge in [0.25, 0.3) is 0 Å². The van der Waals surface area contributed by atoms with Gasteiger partial charge in [-0.1, -0.05) is 26.8 Å². The number of amides is 1. The lowest BCUT2D eigenvalue weighted by Gasteiger charge is -2.20. The molecule has 1 aliphatic carbocycles. The molecule has 1 N–H and O–H groups in total. The molecule has 0 aromatic heterocycles. The van der Waals surface area contributed by atoms with Gasteiger partial charge in [0, 0.05) is 9.89 Å². The van der Waals surface area contributed by atoms with Crippen molar-refractivity contribution < 1.29 is 4.79 Å². The number of rotatable bonds is 1. The van der Waals surface area contributed by atoms with Crippen molar-refractivity contribution in [2.45, 2.75) is 40.0 Å². The third-order valence-electron chi connectivity index (χ3n) is 3.15. The Bertz CT molecular complexity index is 460. The fraction of sp³-hybridized carbons (Fsp3) is 0.500. The number of hydrogen-bond donors (Lipinski definition) is 1. The van der Waals surface area contributed by atoms with E-state index in [1.165, 1.54) is 17.5 Å². The highest BCUT2D eigenvalue weighted by Crippen LogP contribution is 2.35. The number of fused-ring (bicyclic) bond motifs is 1. The summed E-state index contributed by atoms with van der Waals surface area (Å²) in [4.78, 5) is 12.1. The molecular formula is C14H18BrNO. The van der Waals surface area contributed by atoms with E-state index in [1.807, 2.05) is 26.8 Å². The van der Waals surface area contributed by atoms with Gasteiger partial charge in [-0.2, -0.15) is 0 Å². The van der Waals surface area contributed by atoms with Crippen LogP contribution >= 0.6 is 15.9 Å². The van der Waals surface area contributed by atoms with Crippen molar-refractivity contribution in [3.05, 3.63) is 27.7 Å². The molecule has 0 saturated heterocycles. The van der Waals surface area contributed by atoms with Crippen LogP contribution in [0.15, 0.2) is 16.6 Å². The lowest BCUT2D eigenvalue weighted by atomic mass is 9.95. The maximum atomic E-state index is 12.1. The molecular weight excluding hydrogens is 278 g/mol. The molecule has 3 heteroatoms. The topological polar surface area (TPSA) is 29.1 Å². The average Bonchev–Trinajstić information content (AvgIpc) is 2.68. The Hall–Kier alpha value is -0.830. The number of anilines is 1. The lowest BCUT2D eigenvalue weighted by Crippen LogP contribution is -2.28. The van der Waals surface area contributed by atoms with Crippen LogP contribution in [0.5, 0.6) is 0 Å². The van der Waals surface area contributed by atoms with Crippen molar-refractivity contribution >= 4 is 27.5 Å². The molecule has 92 valence electrons. The van der Waals surface area contributed by atoms with Crippen molar-refractivity contribution in [3.63, 3.8) is 0 Å². The van der Waals surface area contributed by atoms with Crippen molar-refractivity contribution in [2.75, 3.05) is 5.32 Å². The molecule has 0 fully saturated rings. The Morgan fingerprint density at radius 1 is 1.29 bits per heavy atom. The fourth-order valence-corrected chi connectivity index (χ4v) is 2.54. The minimum atomic E-state index is -0.360. The molecule has 1 amide bonds. The van der Waals surface area contributed by atoms with Gasteiger partial charge >= 0.3 is 0 Å². The molecule has 0 saturated carbocycles. The number of aryl methyl sites for hydroxylation is 1. The van der Waals surface area contributed by atoms with E-state index in [2.05, 4.69) is 27.3 Å². The normalized spacial score (nSPS) is 14.6. The van der Waals surface area contributed by atoms with Gasteiger partial charge in [-0.15, -0.1) is 0 Å². The lowest BCUT2D eigenvalue weighted by molar-refractivity contribution is -0.123. The highest BCUT2D eigenvalue weighted by molar-refractivity contribution is 9.10. The smallest absolute Gasteiger partial charge is 0.229 e. The second kappa shape index (κ2) is 4.45. The fourth-order valence-electron chi connectivity index (χ4n) is 2.07. The summed E-state index contributed by atoms with van der Waals surface area (Å²) in [5.74, 6) is 0.0681. The van der Waals surface area contributed by atoms with Crippen LogP contribution in [0.3, 0.4) is 0 Å². The molecule has 1 aromatic rings. The van der Waals surface area contributed by atoms with Gasteiger partial charge < -0.3 is 5.32 Å². The van der Waals surface area contributed by atoms with Gasteiger partial charge in [0.1, 0.15) is 0 Å². The number of halogens is 1. The van der Waals surface area contributed by atoms with E-state index in [-0.39, 0.29) is 11.3 Å². The largest absolute Gasteiger partial charge is 0.324 e. The molecule has 1 aromatic carbocycles. The van der Waals surface area contributed by atoms with Crippen LogP contribution in [0.25, 0.3) is 0 Å². The van der Waals surface area contributed by atoms with Crippen LogP contribution in [0.2, 0.25) is 0 Å². The first kappa shape index (κ1) is 12.6. The zero-order valence-corrected chi connectivity index (χ0v) is 12.1. The van der Waals surface area contributed by atoms with Crippen LogP contribution < -0.4 is 5.32 Å². The number of hydrogen-bond acceptors (Lipinski definition) is 1. The molecule has 0 radical (unpaired) electrons. The van der Waals surface area contributed by atoms with Crippen molar-refractivity contribution in [1.82, 2.24) is 0 Å².